The molecule has 1 aromatic heterocycles. The van der Waals surface area contributed by atoms with Crippen molar-refractivity contribution < 1.29 is 5.11 Å². The second kappa shape index (κ2) is 7.11. The lowest BCUT2D eigenvalue weighted by Gasteiger charge is -2.41. The molecule has 0 aromatic carbocycles. The maximum atomic E-state index is 10.2. The summed E-state index contributed by atoms with van der Waals surface area (Å²) >= 11 is 0. The molecule has 1 aromatic rings. The van der Waals surface area contributed by atoms with E-state index < -0.39 is 0 Å². The van der Waals surface area contributed by atoms with E-state index in [1.807, 2.05) is 17.9 Å². The molecule has 2 aliphatic rings. The van der Waals surface area contributed by atoms with Gasteiger partial charge >= 0.3 is 0 Å². The normalized spacial score (nSPS) is 28.1. The van der Waals surface area contributed by atoms with Crippen molar-refractivity contribution in [3.8, 4) is 0 Å². The molecule has 1 aliphatic heterocycles. The Morgan fingerprint density at radius 1 is 1.23 bits per heavy atom. The second-order valence-electron chi connectivity index (χ2n) is 6.99. The molecular formula is C17H30N4O. The molecular weight excluding hydrogens is 276 g/mol. The lowest BCUT2D eigenvalue weighted by molar-refractivity contribution is 0.00714. The first-order valence-corrected chi connectivity index (χ1v) is 8.78. The van der Waals surface area contributed by atoms with Crippen LogP contribution < -0.4 is 5.32 Å². The van der Waals surface area contributed by atoms with Crippen molar-refractivity contribution in [2.24, 2.45) is 7.05 Å². The summed E-state index contributed by atoms with van der Waals surface area (Å²) in [4.78, 5) is 2.53. The van der Waals surface area contributed by atoms with E-state index in [0.29, 0.717) is 12.1 Å². The SMILES string of the molecule is Cc1c(CNC2CCN(C3CCCCC3O)CC2)cnn1C. The Morgan fingerprint density at radius 2 is 1.95 bits per heavy atom. The summed E-state index contributed by atoms with van der Waals surface area (Å²) < 4.78 is 1.93. The summed E-state index contributed by atoms with van der Waals surface area (Å²) in [6.45, 7) is 5.27. The van der Waals surface area contributed by atoms with Crippen molar-refractivity contribution >= 4 is 0 Å². The van der Waals surface area contributed by atoms with E-state index in [4.69, 9.17) is 0 Å². The van der Waals surface area contributed by atoms with E-state index in [9.17, 15) is 5.11 Å². The first-order chi connectivity index (χ1) is 10.6. The van der Waals surface area contributed by atoms with Crippen molar-refractivity contribution in [2.45, 2.75) is 70.2 Å². The van der Waals surface area contributed by atoms with E-state index >= 15 is 0 Å². The minimum atomic E-state index is -0.101. The molecule has 124 valence electrons. The predicted octanol–water partition coefficient (Wildman–Crippen LogP) is 1.59. The van der Waals surface area contributed by atoms with Crippen LogP contribution in [0.3, 0.4) is 0 Å². The Balaban J connectivity index is 1.44. The molecule has 1 saturated carbocycles. The van der Waals surface area contributed by atoms with Crippen molar-refractivity contribution in [1.29, 1.82) is 0 Å². The van der Waals surface area contributed by atoms with E-state index in [1.165, 1.54) is 43.4 Å². The molecule has 0 bridgehead atoms. The van der Waals surface area contributed by atoms with E-state index in [0.717, 1.165) is 26.1 Å². The lowest BCUT2D eigenvalue weighted by Crippen LogP contribution is -2.51. The molecule has 2 fully saturated rings. The standard InChI is InChI=1S/C17H30N4O/c1-13-14(12-19-20(13)2)11-18-15-7-9-21(10-8-15)16-5-3-4-6-17(16)22/h12,15-18,22H,3-11H2,1-2H3. The van der Waals surface area contributed by atoms with Gasteiger partial charge in [0.05, 0.1) is 12.3 Å². The summed E-state index contributed by atoms with van der Waals surface area (Å²) in [5.41, 5.74) is 2.54. The van der Waals surface area contributed by atoms with Crippen molar-refractivity contribution in [3.63, 3.8) is 0 Å². The molecule has 1 aliphatic carbocycles. The molecule has 5 nitrogen and oxygen atoms in total. The third-order valence-electron chi connectivity index (χ3n) is 5.61. The smallest absolute Gasteiger partial charge is 0.0695 e. The maximum Gasteiger partial charge on any atom is 0.0695 e. The Labute approximate surface area is 133 Å². The van der Waals surface area contributed by atoms with Crippen LogP contribution in [0.25, 0.3) is 0 Å². The van der Waals surface area contributed by atoms with E-state index in [2.05, 4.69) is 22.2 Å². The summed E-state index contributed by atoms with van der Waals surface area (Å²) in [5, 5.41) is 18.2. The van der Waals surface area contributed by atoms with Crippen LogP contribution in [0.1, 0.15) is 49.8 Å². The zero-order valence-electron chi connectivity index (χ0n) is 14.0. The fraction of sp³-hybridized carbons (Fsp3) is 0.824. The van der Waals surface area contributed by atoms with Gasteiger partial charge in [-0.3, -0.25) is 9.58 Å². The maximum absolute atomic E-state index is 10.2. The Kier molecular flexibility index (Phi) is 5.16. The molecule has 5 heteroatoms. The van der Waals surface area contributed by atoms with Gasteiger partial charge in [0, 0.05) is 50.0 Å². The number of aromatic nitrogens is 2. The average molecular weight is 306 g/mol. The highest BCUT2D eigenvalue weighted by Crippen LogP contribution is 2.26. The third kappa shape index (κ3) is 3.53. The molecule has 1 saturated heterocycles. The number of nitrogens with zero attached hydrogens (tertiary/aromatic N) is 3. The third-order valence-corrected chi connectivity index (χ3v) is 5.61. The zero-order chi connectivity index (χ0) is 15.5. The first kappa shape index (κ1) is 16.0. The summed E-state index contributed by atoms with van der Waals surface area (Å²) in [7, 11) is 1.99. The monoisotopic (exact) mass is 306 g/mol. The van der Waals surface area contributed by atoms with Crippen molar-refractivity contribution in [2.75, 3.05) is 13.1 Å². The predicted molar refractivity (Wildman–Crippen MR) is 87.6 cm³/mol. The highest BCUT2D eigenvalue weighted by Gasteiger charge is 2.31. The van der Waals surface area contributed by atoms with Crippen LogP contribution >= 0.6 is 0 Å². The molecule has 2 heterocycles. The van der Waals surface area contributed by atoms with Gasteiger partial charge in [0.1, 0.15) is 0 Å². The van der Waals surface area contributed by atoms with Gasteiger partial charge in [-0.05, 0) is 32.6 Å². The summed E-state index contributed by atoms with van der Waals surface area (Å²) in [6, 6.07) is 1.01. The minimum Gasteiger partial charge on any atom is -0.391 e. The van der Waals surface area contributed by atoms with Crippen LogP contribution in [-0.2, 0) is 13.6 Å². The number of hydrogen-bond acceptors (Lipinski definition) is 4. The van der Waals surface area contributed by atoms with Crippen LogP contribution in [-0.4, -0.2) is 51.1 Å². The molecule has 0 spiro atoms. The van der Waals surface area contributed by atoms with Gasteiger partial charge in [-0.1, -0.05) is 12.8 Å². The average Bonchev–Trinajstić information content (AvgIpc) is 2.86. The molecule has 22 heavy (non-hydrogen) atoms. The fourth-order valence-corrected chi connectivity index (χ4v) is 3.92. The van der Waals surface area contributed by atoms with Gasteiger partial charge < -0.3 is 10.4 Å². The van der Waals surface area contributed by atoms with Gasteiger partial charge in [-0.15, -0.1) is 0 Å². The van der Waals surface area contributed by atoms with Crippen LogP contribution in [0.15, 0.2) is 6.20 Å². The summed E-state index contributed by atoms with van der Waals surface area (Å²) in [6.07, 6.45) is 8.87. The molecule has 0 radical (unpaired) electrons. The van der Waals surface area contributed by atoms with Crippen molar-refractivity contribution in [3.05, 3.63) is 17.5 Å². The van der Waals surface area contributed by atoms with Crippen LogP contribution in [0.2, 0.25) is 0 Å². The number of likely N-dealkylation sites (tertiary alicyclic amines) is 1. The number of aliphatic hydroxyl groups is 1. The topological polar surface area (TPSA) is 53.3 Å². The Hall–Kier alpha value is -0.910. The van der Waals surface area contributed by atoms with Gasteiger partial charge in [-0.2, -0.15) is 5.10 Å². The van der Waals surface area contributed by atoms with E-state index in [-0.39, 0.29) is 6.10 Å². The highest BCUT2D eigenvalue weighted by atomic mass is 16.3. The molecule has 2 N–H and O–H groups in total. The van der Waals surface area contributed by atoms with Gasteiger partial charge in [0.15, 0.2) is 0 Å². The van der Waals surface area contributed by atoms with Crippen LogP contribution in [0.5, 0.6) is 0 Å². The number of aryl methyl sites for hydroxylation is 1. The number of rotatable bonds is 4. The number of aliphatic hydroxyl groups excluding tert-OH is 1. The number of piperidine rings is 1. The molecule has 2 atom stereocenters. The van der Waals surface area contributed by atoms with Gasteiger partial charge in [0.2, 0.25) is 0 Å². The lowest BCUT2D eigenvalue weighted by atomic mass is 9.89. The molecule has 2 unspecified atom stereocenters. The van der Waals surface area contributed by atoms with Crippen molar-refractivity contribution in [1.82, 2.24) is 20.0 Å². The largest absolute Gasteiger partial charge is 0.391 e. The molecule has 3 rings (SSSR count). The van der Waals surface area contributed by atoms with Crippen LogP contribution in [0, 0.1) is 6.92 Å². The number of nitrogens with one attached hydrogen (secondary N) is 1. The Bertz CT molecular complexity index is 479. The number of hydrogen-bond donors (Lipinski definition) is 2. The second-order valence-corrected chi connectivity index (χ2v) is 6.99. The highest BCUT2D eigenvalue weighted by molar-refractivity contribution is 5.15. The minimum absolute atomic E-state index is 0.101. The fourth-order valence-electron chi connectivity index (χ4n) is 3.92. The quantitative estimate of drug-likeness (QED) is 0.887. The van der Waals surface area contributed by atoms with Gasteiger partial charge in [-0.25, -0.2) is 0 Å². The van der Waals surface area contributed by atoms with Gasteiger partial charge in [0.25, 0.3) is 0 Å². The van der Waals surface area contributed by atoms with E-state index in [1.54, 1.807) is 0 Å². The first-order valence-electron chi connectivity index (χ1n) is 8.78. The zero-order valence-corrected chi connectivity index (χ0v) is 14.0. The summed E-state index contributed by atoms with van der Waals surface area (Å²) in [5.74, 6) is 0. The molecule has 0 amide bonds. The Morgan fingerprint density at radius 3 is 2.59 bits per heavy atom. The van der Waals surface area contributed by atoms with Crippen LogP contribution in [0.4, 0.5) is 0 Å².